The van der Waals surface area contributed by atoms with Gasteiger partial charge in [-0.1, -0.05) is 30.3 Å². The van der Waals surface area contributed by atoms with Crippen molar-refractivity contribution in [3.05, 3.63) is 82.9 Å². The number of carbonyl (C=O) groups excluding carboxylic acids is 1. The van der Waals surface area contributed by atoms with Crippen LogP contribution in [0.1, 0.15) is 18.6 Å². The molecule has 0 spiro atoms. The summed E-state index contributed by atoms with van der Waals surface area (Å²) in [5.74, 6) is -5.61. The molecule has 0 radical (unpaired) electrons. The van der Waals surface area contributed by atoms with E-state index in [0.29, 0.717) is 23.8 Å². The Morgan fingerprint density at radius 1 is 1.15 bits per heavy atom. The average Bonchev–Trinajstić information content (AvgIpc) is 2.78. The van der Waals surface area contributed by atoms with Gasteiger partial charge < -0.3 is 14.7 Å². The van der Waals surface area contributed by atoms with Crippen LogP contribution >= 0.6 is 0 Å². The predicted octanol–water partition coefficient (Wildman–Crippen LogP) is 2.28. The molecule has 2 aromatic rings. The Bertz CT molecular complexity index is 1020. The fourth-order valence-corrected chi connectivity index (χ4v) is 3.38. The summed E-state index contributed by atoms with van der Waals surface area (Å²) in [6.45, 7) is 0. The first-order chi connectivity index (χ1) is 12.6. The minimum atomic E-state index is -4.30. The van der Waals surface area contributed by atoms with Gasteiger partial charge in [0.1, 0.15) is 17.4 Å². The number of nitrogens with two attached hydrogens (primary N) is 1. The molecule has 0 unspecified atom stereocenters. The summed E-state index contributed by atoms with van der Waals surface area (Å²) in [5.41, 5.74) is 5.40. The zero-order valence-corrected chi connectivity index (χ0v) is 13.9. The van der Waals surface area contributed by atoms with Crippen LogP contribution in [0, 0.1) is 11.6 Å². The lowest BCUT2D eigenvalue weighted by molar-refractivity contribution is -0.123. The minimum Gasteiger partial charge on any atom is -0.460 e. The summed E-state index contributed by atoms with van der Waals surface area (Å²) < 4.78 is 69.0. The third-order valence-electron chi connectivity index (χ3n) is 3.37. The fraction of sp³-hybridized carbons (Fsp3) is 0.118. The van der Waals surface area contributed by atoms with Crippen molar-refractivity contribution >= 4 is 15.9 Å². The Kier molecular flexibility index (Phi) is 4.29. The van der Waals surface area contributed by atoms with E-state index in [0.717, 1.165) is 0 Å². The van der Waals surface area contributed by atoms with E-state index in [4.69, 9.17) is 16.0 Å². The zero-order valence-electron chi connectivity index (χ0n) is 14.1. The first-order valence-corrected chi connectivity index (χ1v) is 8.85. The molecule has 1 atom stereocenters. The van der Waals surface area contributed by atoms with E-state index in [-0.39, 0.29) is 0 Å². The van der Waals surface area contributed by atoms with Crippen molar-refractivity contribution in [3.63, 3.8) is 0 Å². The molecule has 9 heteroatoms. The SMILES string of the molecule is [2H][C@@]1(c2cc(F)cc(F)c2)OC(N)=C(OS(=O)(=O)Cc2ccccc2)C1=O. The van der Waals surface area contributed by atoms with Crippen LogP contribution in [-0.2, 0) is 29.6 Å². The fourth-order valence-electron chi connectivity index (χ4n) is 2.31. The first kappa shape index (κ1) is 16.5. The highest BCUT2D eigenvalue weighted by Crippen LogP contribution is 2.33. The van der Waals surface area contributed by atoms with Gasteiger partial charge in [-0.25, -0.2) is 8.78 Å². The number of hydrogen-bond donors (Lipinski definition) is 1. The Morgan fingerprint density at radius 2 is 1.77 bits per heavy atom. The Morgan fingerprint density at radius 3 is 2.38 bits per heavy atom. The molecule has 2 aromatic carbocycles. The lowest BCUT2D eigenvalue weighted by atomic mass is 10.1. The van der Waals surface area contributed by atoms with Crippen LogP contribution in [0.4, 0.5) is 8.78 Å². The highest BCUT2D eigenvalue weighted by atomic mass is 32.2. The lowest BCUT2D eigenvalue weighted by Crippen LogP contribution is -2.16. The van der Waals surface area contributed by atoms with Crippen molar-refractivity contribution in [1.29, 1.82) is 0 Å². The molecule has 0 aliphatic carbocycles. The second-order valence-corrected chi connectivity index (χ2v) is 6.95. The van der Waals surface area contributed by atoms with Crippen LogP contribution in [0.2, 0.25) is 0 Å². The van der Waals surface area contributed by atoms with E-state index < -0.39 is 56.6 Å². The first-order valence-electron chi connectivity index (χ1n) is 7.77. The van der Waals surface area contributed by atoms with E-state index in [9.17, 15) is 22.0 Å². The molecule has 1 aliphatic heterocycles. The monoisotopic (exact) mass is 382 g/mol. The Balaban J connectivity index is 1.87. The van der Waals surface area contributed by atoms with Crippen LogP contribution < -0.4 is 5.73 Å². The van der Waals surface area contributed by atoms with Gasteiger partial charge in [-0.3, -0.25) is 4.79 Å². The standard InChI is InChI=1S/C17H13F2NO5S/c18-12-6-11(7-13(19)8-12)15-14(21)16(17(20)24-15)25-26(22,23)9-10-4-2-1-3-5-10/h1-8,15H,9,20H2/t15-/m0/s1/i15D. The molecular weight excluding hydrogens is 368 g/mol. The molecule has 0 aromatic heterocycles. The van der Waals surface area contributed by atoms with E-state index >= 15 is 0 Å². The third kappa shape index (κ3) is 3.83. The highest BCUT2D eigenvalue weighted by molar-refractivity contribution is 7.86. The molecule has 3 rings (SSSR count). The molecular formula is C17H13F2NO5S. The van der Waals surface area contributed by atoms with Crippen molar-refractivity contribution in [1.82, 2.24) is 0 Å². The van der Waals surface area contributed by atoms with Gasteiger partial charge in [-0.15, -0.1) is 0 Å². The number of carbonyl (C=O) groups is 1. The third-order valence-corrected chi connectivity index (χ3v) is 4.48. The Labute approximate surface area is 149 Å². The quantitative estimate of drug-likeness (QED) is 0.797. The summed E-state index contributed by atoms with van der Waals surface area (Å²) in [7, 11) is -4.30. The largest absolute Gasteiger partial charge is 0.460 e. The number of ether oxygens (including phenoxy) is 1. The van der Waals surface area contributed by atoms with Gasteiger partial charge in [-0.05, 0) is 17.7 Å². The molecule has 1 aliphatic rings. The maximum Gasteiger partial charge on any atom is 0.313 e. The molecule has 0 fully saturated rings. The van der Waals surface area contributed by atoms with Crippen molar-refractivity contribution < 1.29 is 32.3 Å². The molecule has 6 nitrogen and oxygen atoms in total. The smallest absolute Gasteiger partial charge is 0.313 e. The number of halogens is 2. The minimum absolute atomic E-state index is 0.396. The van der Waals surface area contributed by atoms with E-state index in [2.05, 4.69) is 0 Å². The Hall–Kier alpha value is -2.94. The number of hydrogen-bond acceptors (Lipinski definition) is 6. The number of ketones is 1. The lowest BCUT2D eigenvalue weighted by Gasteiger charge is -2.10. The maximum atomic E-state index is 13.4. The molecule has 26 heavy (non-hydrogen) atoms. The van der Waals surface area contributed by atoms with Crippen molar-refractivity contribution in [2.24, 2.45) is 5.73 Å². The summed E-state index contributed by atoms with van der Waals surface area (Å²) in [5, 5.41) is 0. The second kappa shape index (κ2) is 6.75. The van der Waals surface area contributed by atoms with Crippen LogP contribution in [-0.4, -0.2) is 14.2 Å². The number of rotatable bonds is 5. The van der Waals surface area contributed by atoms with Gasteiger partial charge >= 0.3 is 10.1 Å². The summed E-state index contributed by atoms with van der Waals surface area (Å²) >= 11 is 0. The van der Waals surface area contributed by atoms with Crippen molar-refractivity contribution in [3.8, 4) is 0 Å². The molecule has 2 N–H and O–H groups in total. The van der Waals surface area contributed by atoms with Crippen molar-refractivity contribution in [2.45, 2.75) is 11.8 Å². The van der Waals surface area contributed by atoms with Gasteiger partial charge in [0.05, 0.1) is 1.37 Å². The van der Waals surface area contributed by atoms with Crippen molar-refractivity contribution in [2.75, 3.05) is 0 Å². The van der Waals surface area contributed by atoms with Gasteiger partial charge in [0.2, 0.25) is 17.4 Å². The van der Waals surface area contributed by atoms with Crippen LogP contribution in [0.5, 0.6) is 0 Å². The molecule has 1 heterocycles. The number of benzene rings is 2. The van der Waals surface area contributed by atoms with Gasteiger partial charge in [0, 0.05) is 11.6 Å². The molecule has 0 amide bonds. The molecule has 0 bridgehead atoms. The molecule has 136 valence electrons. The topological polar surface area (TPSA) is 95.7 Å². The van der Waals surface area contributed by atoms with Crippen LogP contribution in [0.3, 0.4) is 0 Å². The molecule has 0 saturated heterocycles. The van der Waals surface area contributed by atoms with Crippen LogP contribution in [0.15, 0.2) is 60.2 Å². The van der Waals surface area contributed by atoms with E-state index in [1.54, 1.807) is 18.2 Å². The summed E-state index contributed by atoms with van der Waals surface area (Å²) in [6, 6.07) is 9.98. The summed E-state index contributed by atoms with van der Waals surface area (Å²) in [4.78, 5) is 12.5. The normalized spacial score (nSPS) is 20.7. The maximum absolute atomic E-state index is 13.4. The average molecular weight is 382 g/mol. The van der Waals surface area contributed by atoms with E-state index in [1.165, 1.54) is 12.1 Å². The second-order valence-electron chi connectivity index (χ2n) is 5.38. The zero-order chi connectivity index (χ0) is 19.8. The van der Waals surface area contributed by atoms with Crippen LogP contribution in [0.25, 0.3) is 0 Å². The highest BCUT2D eigenvalue weighted by Gasteiger charge is 2.39. The van der Waals surface area contributed by atoms with E-state index in [1.807, 2.05) is 0 Å². The van der Waals surface area contributed by atoms with Gasteiger partial charge in [0.25, 0.3) is 0 Å². The van der Waals surface area contributed by atoms with Gasteiger partial charge in [0.15, 0.2) is 6.08 Å². The number of Topliss-reactive ketones (excluding diaryl/α,β-unsaturated/α-hetero) is 1. The molecule has 0 saturated carbocycles. The predicted molar refractivity (Wildman–Crippen MR) is 86.6 cm³/mol. The van der Waals surface area contributed by atoms with Gasteiger partial charge in [-0.2, -0.15) is 8.42 Å². The summed E-state index contributed by atoms with van der Waals surface area (Å²) in [6.07, 6.45) is -2.66.